The number of carbonyl (C=O) groups is 2. The molecule has 0 aromatic rings. The summed E-state index contributed by atoms with van der Waals surface area (Å²) in [5, 5.41) is 12.1. The van der Waals surface area contributed by atoms with E-state index in [0.717, 1.165) is 38.8 Å². The normalized spacial score (nSPS) is 29.9. The van der Waals surface area contributed by atoms with E-state index in [1.807, 2.05) is 0 Å². The molecule has 1 aliphatic heterocycles. The van der Waals surface area contributed by atoms with Gasteiger partial charge in [0.2, 0.25) is 5.91 Å². The van der Waals surface area contributed by atoms with Gasteiger partial charge in [-0.1, -0.05) is 0 Å². The highest BCUT2D eigenvalue weighted by atomic mass is 16.4. The summed E-state index contributed by atoms with van der Waals surface area (Å²) in [6.45, 7) is 2.08. The number of nitrogens with zero attached hydrogens (tertiary/aromatic N) is 1. The lowest BCUT2D eigenvalue weighted by Gasteiger charge is -2.32. The molecule has 0 aromatic heterocycles. The van der Waals surface area contributed by atoms with Crippen LogP contribution in [0.4, 0.5) is 0 Å². The van der Waals surface area contributed by atoms with Crippen LogP contribution in [0.2, 0.25) is 0 Å². The summed E-state index contributed by atoms with van der Waals surface area (Å²) in [5.41, 5.74) is 0. The molecule has 2 N–H and O–H groups in total. The van der Waals surface area contributed by atoms with Crippen LogP contribution >= 0.6 is 0 Å². The van der Waals surface area contributed by atoms with E-state index in [-0.39, 0.29) is 17.7 Å². The predicted molar refractivity (Wildman–Crippen MR) is 71.7 cm³/mol. The number of rotatable bonds is 3. The van der Waals surface area contributed by atoms with E-state index >= 15 is 0 Å². The molecule has 0 bridgehead atoms. The van der Waals surface area contributed by atoms with Gasteiger partial charge in [0, 0.05) is 12.0 Å². The Morgan fingerprint density at radius 2 is 1.53 bits per heavy atom. The van der Waals surface area contributed by atoms with Gasteiger partial charge in [0.15, 0.2) is 0 Å². The van der Waals surface area contributed by atoms with Crippen LogP contribution in [0.3, 0.4) is 0 Å². The topological polar surface area (TPSA) is 69.6 Å². The second kappa shape index (κ2) is 6.37. The van der Waals surface area contributed by atoms with E-state index in [1.165, 1.54) is 0 Å². The molecule has 2 fully saturated rings. The third-order valence-corrected chi connectivity index (χ3v) is 4.51. The Morgan fingerprint density at radius 3 is 2.05 bits per heavy atom. The molecule has 5 nitrogen and oxygen atoms in total. The quantitative estimate of drug-likeness (QED) is 0.804. The number of amides is 1. The van der Waals surface area contributed by atoms with Gasteiger partial charge in [0.1, 0.15) is 0 Å². The maximum Gasteiger partial charge on any atom is 0.306 e. The van der Waals surface area contributed by atoms with Crippen molar-refractivity contribution in [2.45, 2.75) is 44.6 Å². The van der Waals surface area contributed by atoms with Crippen molar-refractivity contribution in [3.63, 3.8) is 0 Å². The molecule has 19 heavy (non-hydrogen) atoms. The van der Waals surface area contributed by atoms with Crippen molar-refractivity contribution < 1.29 is 14.7 Å². The van der Waals surface area contributed by atoms with E-state index < -0.39 is 5.97 Å². The van der Waals surface area contributed by atoms with Crippen molar-refractivity contribution in [1.82, 2.24) is 10.2 Å². The Kier molecular flexibility index (Phi) is 4.80. The van der Waals surface area contributed by atoms with E-state index in [4.69, 9.17) is 5.11 Å². The molecule has 0 unspecified atom stereocenters. The predicted octanol–water partition coefficient (Wildman–Crippen LogP) is 1.09. The highest BCUT2D eigenvalue weighted by Gasteiger charge is 2.30. The first kappa shape index (κ1) is 14.3. The minimum Gasteiger partial charge on any atom is -0.481 e. The fourth-order valence-electron chi connectivity index (χ4n) is 3.07. The van der Waals surface area contributed by atoms with Gasteiger partial charge >= 0.3 is 5.97 Å². The van der Waals surface area contributed by atoms with Crippen LogP contribution in [0.15, 0.2) is 0 Å². The Balaban J connectivity index is 1.74. The molecule has 108 valence electrons. The van der Waals surface area contributed by atoms with E-state index in [2.05, 4.69) is 17.3 Å². The molecule has 1 saturated carbocycles. The van der Waals surface area contributed by atoms with Gasteiger partial charge in [-0.25, -0.2) is 0 Å². The number of carbonyl (C=O) groups excluding carboxylic acids is 1. The first-order chi connectivity index (χ1) is 9.06. The number of likely N-dealkylation sites (tertiary alicyclic amines) is 1. The van der Waals surface area contributed by atoms with Crippen molar-refractivity contribution in [3.05, 3.63) is 0 Å². The molecule has 1 aliphatic carbocycles. The van der Waals surface area contributed by atoms with E-state index in [1.54, 1.807) is 0 Å². The number of aliphatic carboxylic acids is 1. The fourth-order valence-corrected chi connectivity index (χ4v) is 3.07. The highest BCUT2D eigenvalue weighted by Crippen LogP contribution is 2.29. The van der Waals surface area contributed by atoms with E-state index in [9.17, 15) is 9.59 Å². The molecule has 2 rings (SSSR count). The Labute approximate surface area is 114 Å². The maximum atomic E-state index is 12.2. The molecule has 1 amide bonds. The largest absolute Gasteiger partial charge is 0.481 e. The number of hydrogen-bond donors (Lipinski definition) is 2. The van der Waals surface area contributed by atoms with Crippen LogP contribution in [-0.4, -0.2) is 48.1 Å². The van der Waals surface area contributed by atoms with Gasteiger partial charge in [-0.3, -0.25) is 9.59 Å². The molecule has 5 heteroatoms. The molecular weight excluding hydrogens is 244 g/mol. The van der Waals surface area contributed by atoms with Crippen molar-refractivity contribution >= 4 is 11.9 Å². The zero-order valence-electron chi connectivity index (χ0n) is 11.6. The molecule has 1 heterocycles. The third-order valence-electron chi connectivity index (χ3n) is 4.51. The second-order valence-corrected chi connectivity index (χ2v) is 5.97. The summed E-state index contributed by atoms with van der Waals surface area (Å²) < 4.78 is 0. The molecule has 0 aromatic carbocycles. The SMILES string of the molecule is CN1CCC(NC(=O)C2CCC(C(=O)O)CC2)CC1. The number of carboxylic acids is 1. The summed E-state index contributed by atoms with van der Waals surface area (Å²) in [7, 11) is 2.10. The smallest absolute Gasteiger partial charge is 0.306 e. The van der Waals surface area contributed by atoms with Gasteiger partial charge in [0.25, 0.3) is 0 Å². The fraction of sp³-hybridized carbons (Fsp3) is 0.857. The molecule has 1 saturated heterocycles. The van der Waals surface area contributed by atoms with Gasteiger partial charge in [-0.2, -0.15) is 0 Å². The number of carboxylic acid groups (broad SMARTS) is 1. The van der Waals surface area contributed by atoms with Gasteiger partial charge in [-0.05, 0) is 58.7 Å². The van der Waals surface area contributed by atoms with Crippen LogP contribution in [0.25, 0.3) is 0 Å². The summed E-state index contributed by atoms with van der Waals surface area (Å²) >= 11 is 0. The first-order valence-corrected chi connectivity index (χ1v) is 7.28. The van der Waals surface area contributed by atoms with Crippen molar-refractivity contribution in [1.29, 1.82) is 0 Å². The lowest BCUT2D eigenvalue weighted by atomic mass is 9.81. The molecule has 0 radical (unpaired) electrons. The van der Waals surface area contributed by atoms with E-state index in [0.29, 0.717) is 18.9 Å². The molecule has 2 aliphatic rings. The average Bonchev–Trinajstić information content (AvgIpc) is 2.41. The van der Waals surface area contributed by atoms with Crippen LogP contribution in [0, 0.1) is 11.8 Å². The Hall–Kier alpha value is -1.10. The van der Waals surface area contributed by atoms with Crippen molar-refractivity contribution in [3.8, 4) is 0 Å². The highest BCUT2D eigenvalue weighted by molar-refractivity contribution is 5.79. The Bertz CT molecular complexity index is 330. The summed E-state index contributed by atoms with van der Waals surface area (Å²) in [5.74, 6) is -0.796. The van der Waals surface area contributed by atoms with Crippen LogP contribution in [-0.2, 0) is 9.59 Å². The monoisotopic (exact) mass is 268 g/mol. The van der Waals surface area contributed by atoms with Crippen molar-refractivity contribution in [2.75, 3.05) is 20.1 Å². The lowest BCUT2D eigenvalue weighted by molar-refractivity contribution is -0.144. The third kappa shape index (κ3) is 3.93. The minimum atomic E-state index is -0.714. The second-order valence-electron chi connectivity index (χ2n) is 5.97. The zero-order chi connectivity index (χ0) is 13.8. The number of hydrogen-bond acceptors (Lipinski definition) is 3. The van der Waals surface area contributed by atoms with Crippen LogP contribution in [0.5, 0.6) is 0 Å². The first-order valence-electron chi connectivity index (χ1n) is 7.28. The minimum absolute atomic E-state index is 0.0234. The maximum absolute atomic E-state index is 12.2. The molecular formula is C14H24N2O3. The molecule has 0 atom stereocenters. The summed E-state index contributed by atoms with van der Waals surface area (Å²) in [6, 6.07) is 0.306. The van der Waals surface area contributed by atoms with Crippen LogP contribution < -0.4 is 5.32 Å². The Morgan fingerprint density at radius 1 is 1.00 bits per heavy atom. The zero-order valence-corrected chi connectivity index (χ0v) is 11.6. The average molecular weight is 268 g/mol. The number of nitrogens with one attached hydrogen (secondary N) is 1. The summed E-state index contributed by atoms with van der Waals surface area (Å²) in [4.78, 5) is 25.3. The van der Waals surface area contributed by atoms with Crippen molar-refractivity contribution in [2.24, 2.45) is 11.8 Å². The van der Waals surface area contributed by atoms with Crippen LogP contribution in [0.1, 0.15) is 38.5 Å². The molecule has 0 spiro atoms. The standard InChI is InChI=1S/C14H24N2O3/c1-16-8-6-12(7-9-16)15-13(17)10-2-4-11(5-3-10)14(18)19/h10-12H,2-9H2,1H3,(H,15,17)(H,18,19). The number of piperidine rings is 1. The lowest BCUT2D eigenvalue weighted by Crippen LogP contribution is -2.46. The summed E-state index contributed by atoms with van der Waals surface area (Å²) in [6.07, 6.45) is 4.76. The van der Waals surface area contributed by atoms with Gasteiger partial charge in [-0.15, -0.1) is 0 Å². The van der Waals surface area contributed by atoms with Gasteiger partial charge in [0.05, 0.1) is 5.92 Å². The van der Waals surface area contributed by atoms with Gasteiger partial charge < -0.3 is 15.3 Å².